The van der Waals surface area contributed by atoms with Gasteiger partial charge in [-0.1, -0.05) is 105 Å². The number of carbonyl (C=O) groups is 3. The van der Waals surface area contributed by atoms with Crippen LogP contribution < -0.4 is 10.6 Å². The van der Waals surface area contributed by atoms with E-state index < -0.39 is 49.2 Å². The Bertz CT molecular complexity index is 1320. The maximum atomic E-state index is 13.9. The van der Waals surface area contributed by atoms with Gasteiger partial charge in [-0.2, -0.15) is 0 Å². The Balaban J connectivity index is 1.79. The summed E-state index contributed by atoms with van der Waals surface area (Å²) in [7, 11) is -4.29. The summed E-state index contributed by atoms with van der Waals surface area (Å²) in [6.45, 7) is 3.71. The summed E-state index contributed by atoms with van der Waals surface area (Å²) in [5.41, 5.74) is 1.87. The zero-order valence-electron chi connectivity index (χ0n) is 23.2. The van der Waals surface area contributed by atoms with Crippen LogP contribution in [-0.2, 0) is 31.9 Å². The van der Waals surface area contributed by atoms with Gasteiger partial charge in [0.2, 0.25) is 13.3 Å². The fourth-order valence-electron chi connectivity index (χ4n) is 4.52. The quantitative estimate of drug-likeness (QED) is 0.188. The molecule has 0 heterocycles. The van der Waals surface area contributed by atoms with Crippen molar-refractivity contribution in [2.45, 2.75) is 45.1 Å². The van der Waals surface area contributed by atoms with E-state index >= 15 is 0 Å². The molecule has 9 nitrogen and oxygen atoms in total. The number of hydrogen-bond donors (Lipinski definition) is 4. The fourth-order valence-corrected chi connectivity index (χ4v) is 6.63. The molecule has 2 unspecified atom stereocenters. The van der Waals surface area contributed by atoms with E-state index in [4.69, 9.17) is 4.74 Å². The van der Waals surface area contributed by atoms with Crippen molar-refractivity contribution >= 4 is 25.3 Å². The van der Waals surface area contributed by atoms with Gasteiger partial charge in [0.25, 0.3) is 0 Å². The van der Waals surface area contributed by atoms with Crippen LogP contribution in [0.15, 0.2) is 91.0 Å². The Kier molecular flexibility index (Phi) is 11.7. The predicted octanol–water partition coefficient (Wildman–Crippen LogP) is 5.36. The van der Waals surface area contributed by atoms with Crippen LogP contribution in [0, 0.1) is 11.8 Å². The second-order valence-corrected chi connectivity index (χ2v) is 12.8. The molecule has 0 fully saturated rings. The number of nitrogens with one attached hydrogen (secondary N) is 2. The van der Waals surface area contributed by atoms with Gasteiger partial charge in [-0.25, -0.2) is 9.59 Å². The Morgan fingerprint density at radius 1 is 0.829 bits per heavy atom. The van der Waals surface area contributed by atoms with Crippen LogP contribution in [0.1, 0.15) is 42.7 Å². The van der Waals surface area contributed by atoms with Crippen LogP contribution in [0.3, 0.4) is 0 Å². The van der Waals surface area contributed by atoms with Gasteiger partial charge >= 0.3 is 12.1 Å². The molecule has 0 spiro atoms. The summed E-state index contributed by atoms with van der Waals surface area (Å²) in [5.74, 6) is -4.18. The Hall–Kier alpha value is -3.94. The number of carbonyl (C=O) groups excluding carboxylic acids is 2. The smallest absolute Gasteiger partial charge is 0.408 e. The number of hydrogen-bond acceptors (Lipinski definition) is 5. The van der Waals surface area contributed by atoms with Crippen LogP contribution in [0.4, 0.5) is 4.79 Å². The van der Waals surface area contributed by atoms with Gasteiger partial charge < -0.3 is 25.4 Å². The third kappa shape index (κ3) is 10.2. The van der Waals surface area contributed by atoms with E-state index in [9.17, 15) is 28.9 Å². The van der Waals surface area contributed by atoms with E-state index in [1.165, 1.54) is 0 Å². The van der Waals surface area contributed by atoms with E-state index in [1.54, 1.807) is 78.9 Å². The average molecular weight is 581 g/mol. The number of aliphatic carboxylic acids is 1. The summed E-state index contributed by atoms with van der Waals surface area (Å²) >= 11 is 0. The fraction of sp³-hybridized carbons (Fsp3) is 0.323. The van der Waals surface area contributed by atoms with Gasteiger partial charge in [-0.05, 0) is 29.0 Å². The number of amides is 2. The molecule has 10 heteroatoms. The molecule has 0 saturated carbocycles. The highest BCUT2D eigenvalue weighted by molar-refractivity contribution is 7.58. The Labute approximate surface area is 240 Å². The first-order valence-corrected chi connectivity index (χ1v) is 15.4. The van der Waals surface area contributed by atoms with E-state index in [1.807, 2.05) is 26.0 Å². The Morgan fingerprint density at radius 2 is 1.37 bits per heavy atom. The molecule has 0 aliphatic heterocycles. The zero-order chi connectivity index (χ0) is 29.8. The summed E-state index contributed by atoms with van der Waals surface area (Å²) in [5, 5.41) is 14.9. The largest absolute Gasteiger partial charge is 0.480 e. The zero-order valence-corrected chi connectivity index (χ0v) is 24.1. The van der Waals surface area contributed by atoms with Gasteiger partial charge in [-0.15, -0.1) is 0 Å². The van der Waals surface area contributed by atoms with Crippen LogP contribution in [0.25, 0.3) is 0 Å². The monoisotopic (exact) mass is 580 g/mol. The highest BCUT2D eigenvalue weighted by atomic mass is 31.2. The van der Waals surface area contributed by atoms with Crippen molar-refractivity contribution in [2.75, 3.05) is 6.16 Å². The van der Waals surface area contributed by atoms with Gasteiger partial charge in [0.05, 0.1) is 0 Å². The number of rotatable bonds is 14. The lowest BCUT2D eigenvalue weighted by atomic mass is 9.97. The maximum absolute atomic E-state index is 13.9. The summed E-state index contributed by atoms with van der Waals surface area (Å²) < 4.78 is 19.2. The molecule has 0 aromatic heterocycles. The van der Waals surface area contributed by atoms with Crippen LogP contribution in [0.5, 0.6) is 0 Å². The summed E-state index contributed by atoms with van der Waals surface area (Å²) in [6.07, 6.45) is -1.04. The van der Waals surface area contributed by atoms with Gasteiger partial charge in [0.1, 0.15) is 18.4 Å². The minimum atomic E-state index is -4.29. The van der Waals surface area contributed by atoms with E-state index in [0.717, 1.165) is 11.1 Å². The number of benzene rings is 3. The lowest BCUT2D eigenvalue weighted by Gasteiger charge is -2.28. The van der Waals surface area contributed by atoms with Gasteiger partial charge in [0.15, 0.2) is 0 Å². The molecule has 0 aliphatic rings. The predicted molar refractivity (Wildman–Crippen MR) is 156 cm³/mol. The van der Waals surface area contributed by atoms with Crippen molar-refractivity contribution in [3.8, 4) is 0 Å². The molecule has 0 saturated heterocycles. The van der Waals surface area contributed by atoms with Crippen LogP contribution in [-0.4, -0.2) is 40.2 Å². The molecule has 4 atom stereocenters. The minimum absolute atomic E-state index is 0.0258. The van der Waals surface area contributed by atoms with E-state index in [-0.39, 0.29) is 25.4 Å². The molecule has 3 aromatic carbocycles. The number of ether oxygens (including phenoxy) is 1. The second-order valence-electron chi connectivity index (χ2n) is 10.4. The second kappa shape index (κ2) is 15.2. The summed E-state index contributed by atoms with van der Waals surface area (Å²) in [4.78, 5) is 49.4. The molecule has 4 N–H and O–H groups in total. The van der Waals surface area contributed by atoms with Crippen molar-refractivity contribution in [3.63, 3.8) is 0 Å². The molecule has 0 radical (unpaired) electrons. The van der Waals surface area contributed by atoms with Crippen LogP contribution >= 0.6 is 7.37 Å². The minimum Gasteiger partial charge on any atom is -0.480 e. The van der Waals surface area contributed by atoms with Gasteiger partial charge in [-0.3, -0.25) is 9.36 Å². The molecule has 2 amide bonds. The van der Waals surface area contributed by atoms with Gasteiger partial charge in [0, 0.05) is 18.5 Å². The third-order valence-electron chi connectivity index (χ3n) is 6.49. The highest BCUT2D eigenvalue weighted by Gasteiger charge is 2.39. The SMILES string of the molecule is CC(C)CC(CP(=O)(O)[C@@H](NC(=O)OCc1ccccc1)c1ccccc1)C(=O)N[C@@H](Cc1ccccc1)C(=O)O. The third-order valence-corrected chi connectivity index (χ3v) is 8.69. The van der Waals surface area contributed by atoms with E-state index in [2.05, 4.69) is 10.6 Å². The normalized spacial score (nSPS) is 14.7. The molecule has 3 aromatic rings. The number of carboxylic acid groups (broad SMARTS) is 1. The molecule has 41 heavy (non-hydrogen) atoms. The lowest BCUT2D eigenvalue weighted by Crippen LogP contribution is -2.46. The number of carboxylic acids is 1. The molecule has 3 rings (SSSR count). The lowest BCUT2D eigenvalue weighted by molar-refractivity contribution is -0.142. The first-order chi connectivity index (χ1) is 19.5. The molecule has 0 bridgehead atoms. The molecular formula is C31H37N2O7P. The average Bonchev–Trinajstić information content (AvgIpc) is 2.95. The first kappa shape index (κ1) is 31.6. The summed E-state index contributed by atoms with van der Waals surface area (Å²) in [6, 6.07) is 25.0. The molecular weight excluding hydrogens is 543 g/mol. The van der Waals surface area contributed by atoms with Crippen molar-refractivity contribution < 1.29 is 33.7 Å². The van der Waals surface area contributed by atoms with Crippen molar-refractivity contribution in [3.05, 3.63) is 108 Å². The molecule has 0 aliphatic carbocycles. The Morgan fingerprint density at radius 3 is 1.90 bits per heavy atom. The van der Waals surface area contributed by atoms with Crippen molar-refractivity contribution in [2.24, 2.45) is 11.8 Å². The van der Waals surface area contributed by atoms with Crippen molar-refractivity contribution in [1.82, 2.24) is 10.6 Å². The molecule has 218 valence electrons. The topological polar surface area (TPSA) is 142 Å². The van der Waals surface area contributed by atoms with Crippen LogP contribution in [0.2, 0.25) is 0 Å². The van der Waals surface area contributed by atoms with E-state index in [0.29, 0.717) is 5.56 Å². The van der Waals surface area contributed by atoms with Crippen molar-refractivity contribution in [1.29, 1.82) is 0 Å². The first-order valence-electron chi connectivity index (χ1n) is 13.5. The highest BCUT2D eigenvalue weighted by Crippen LogP contribution is 2.55. The standard InChI is InChI=1S/C31H37N2O7P/c1-22(2)18-26(28(34)32-27(30(35)36)19-23-12-6-3-7-13-23)21-41(38,39)29(25-16-10-5-11-17-25)33-31(37)40-20-24-14-8-4-9-15-24/h3-17,22,26-27,29H,18-21H2,1-2H3,(H,32,34)(H,33,37)(H,35,36)(H,38,39)/t26?,27-,29+/m0/s1. The number of alkyl carbamates (subject to hydrolysis) is 1. The maximum Gasteiger partial charge on any atom is 0.408 e.